The van der Waals surface area contributed by atoms with Crippen molar-refractivity contribution >= 4 is 11.7 Å². The molecule has 0 saturated heterocycles. The van der Waals surface area contributed by atoms with E-state index >= 15 is 0 Å². The molecule has 29 heavy (non-hydrogen) atoms. The molecule has 154 valence electrons. The summed E-state index contributed by atoms with van der Waals surface area (Å²) in [4.78, 5) is 27.4. The summed E-state index contributed by atoms with van der Waals surface area (Å²) in [5, 5.41) is 13.8. The van der Waals surface area contributed by atoms with E-state index in [2.05, 4.69) is 39.5 Å². The highest BCUT2D eigenvalue weighted by atomic mass is 16.5. The molecule has 1 aliphatic carbocycles. The summed E-state index contributed by atoms with van der Waals surface area (Å²) >= 11 is 0. The number of rotatable bonds is 6. The summed E-state index contributed by atoms with van der Waals surface area (Å²) in [6, 6.07) is 3.78. The zero-order chi connectivity index (χ0) is 20.5. The Morgan fingerprint density at radius 1 is 1.38 bits per heavy atom. The van der Waals surface area contributed by atoms with Gasteiger partial charge in [0.05, 0.1) is 12.1 Å². The quantitative estimate of drug-likeness (QED) is 0.589. The van der Waals surface area contributed by atoms with E-state index in [1.54, 1.807) is 6.07 Å². The third kappa shape index (κ3) is 4.18. The molecule has 1 aliphatic rings. The Labute approximate surface area is 167 Å². The average molecular weight is 398 g/mol. The van der Waals surface area contributed by atoms with Gasteiger partial charge in [0, 0.05) is 41.7 Å². The molecule has 0 aliphatic heterocycles. The molecule has 3 N–H and O–H groups in total. The average Bonchev–Trinajstić information content (AvgIpc) is 3.41. The number of hydrogen-bond donors (Lipinski definition) is 3. The number of carbonyl (C=O) groups excluding carboxylic acids is 1. The Kier molecular flexibility index (Phi) is 5.12. The number of amides is 1. The fourth-order valence-electron chi connectivity index (χ4n) is 3.94. The van der Waals surface area contributed by atoms with Gasteiger partial charge >= 0.3 is 5.69 Å². The predicted molar refractivity (Wildman–Crippen MR) is 107 cm³/mol. The maximum Gasteiger partial charge on any atom is 0.325 e. The fourth-order valence-corrected chi connectivity index (χ4v) is 3.94. The molecule has 3 heterocycles. The predicted octanol–water partition coefficient (Wildman–Crippen LogP) is 3.01. The molecule has 4 rings (SSSR count). The Hall–Kier alpha value is -3.10. The van der Waals surface area contributed by atoms with Crippen LogP contribution in [0.25, 0.3) is 0 Å². The number of imidazole rings is 1. The zero-order valence-electron chi connectivity index (χ0n) is 16.9. The Balaban J connectivity index is 1.37. The summed E-state index contributed by atoms with van der Waals surface area (Å²) in [5.74, 6) is 1.38. The minimum Gasteiger partial charge on any atom is -0.361 e. The number of carbonyl (C=O) groups is 1. The lowest BCUT2D eigenvalue weighted by molar-refractivity contribution is -0.115. The van der Waals surface area contributed by atoms with Crippen LogP contribution in [0.5, 0.6) is 0 Å². The van der Waals surface area contributed by atoms with Gasteiger partial charge in [-0.15, -0.1) is 0 Å². The lowest BCUT2D eigenvalue weighted by Gasteiger charge is -2.11. The van der Waals surface area contributed by atoms with Crippen molar-refractivity contribution in [1.82, 2.24) is 24.9 Å². The number of aromatic nitrogens is 5. The van der Waals surface area contributed by atoms with Gasteiger partial charge in [0.2, 0.25) is 5.91 Å². The molecule has 9 nitrogen and oxygen atoms in total. The molecule has 9 heteroatoms. The van der Waals surface area contributed by atoms with Crippen LogP contribution in [0, 0.1) is 6.92 Å². The Morgan fingerprint density at radius 3 is 2.90 bits per heavy atom. The molecule has 1 fully saturated rings. The van der Waals surface area contributed by atoms with E-state index in [4.69, 9.17) is 4.52 Å². The van der Waals surface area contributed by atoms with Crippen LogP contribution in [-0.2, 0) is 11.2 Å². The molecule has 1 saturated carbocycles. The van der Waals surface area contributed by atoms with Crippen molar-refractivity contribution in [2.45, 2.75) is 64.3 Å². The number of aryl methyl sites for hydroxylation is 1. The zero-order valence-corrected chi connectivity index (χ0v) is 16.9. The van der Waals surface area contributed by atoms with Crippen molar-refractivity contribution in [3.05, 3.63) is 51.7 Å². The van der Waals surface area contributed by atoms with Crippen LogP contribution in [-0.4, -0.2) is 30.8 Å². The molecule has 0 spiro atoms. The van der Waals surface area contributed by atoms with Crippen LogP contribution in [0.4, 0.5) is 5.82 Å². The van der Waals surface area contributed by atoms with Crippen molar-refractivity contribution in [3.8, 4) is 0 Å². The second kappa shape index (κ2) is 7.73. The van der Waals surface area contributed by atoms with Gasteiger partial charge < -0.3 is 14.8 Å². The third-order valence-corrected chi connectivity index (χ3v) is 5.50. The van der Waals surface area contributed by atoms with Crippen LogP contribution in [0.2, 0.25) is 0 Å². The number of nitrogens with zero attached hydrogens (tertiary/aromatic N) is 3. The van der Waals surface area contributed by atoms with E-state index < -0.39 is 0 Å². The summed E-state index contributed by atoms with van der Waals surface area (Å²) in [6.45, 7) is 5.94. The van der Waals surface area contributed by atoms with Gasteiger partial charge in [0.15, 0.2) is 5.82 Å². The monoisotopic (exact) mass is 398 g/mol. The summed E-state index contributed by atoms with van der Waals surface area (Å²) in [5.41, 5.74) is 2.64. The topological polar surface area (TPSA) is 122 Å². The standard InChI is InChI=1S/C20H26N6O3/c1-11(2)17-10-26(20(28)21-17)14-5-4-13(7-14)16-9-18(24-23-16)22-19(27)8-15-6-12(3)25-29-15/h6,9-11,13-14H,4-5,7-8H2,1-3H3,(H,21,28)(H2,22,23,24,27)/t13-,14+/m1/s1. The SMILES string of the molecule is Cc1cc(CC(=O)Nc2cc([C@@H]3CC[C@H](n4cc(C(C)C)[nH]c4=O)C3)[nH]n2)on1. The smallest absolute Gasteiger partial charge is 0.325 e. The number of hydrogen-bond acceptors (Lipinski definition) is 5. The van der Waals surface area contributed by atoms with Crippen molar-refractivity contribution in [2.24, 2.45) is 0 Å². The minimum absolute atomic E-state index is 0.0421. The summed E-state index contributed by atoms with van der Waals surface area (Å²) < 4.78 is 6.90. The first-order chi connectivity index (χ1) is 13.9. The first-order valence-electron chi connectivity index (χ1n) is 9.97. The Bertz CT molecular complexity index is 1060. The lowest BCUT2D eigenvalue weighted by atomic mass is 10.0. The van der Waals surface area contributed by atoms with E-state index in [-0.39, 0.29) is 30.0 Å². The minimum atomic E-state index is -0.205. The largest absolute Gasteiger partial charge is 0.361 e. The highest BCUT2D eigenvalue weighted by Gasteiger charge is 2.29. The number of nitrogens with one attached hydrogen (secondary N) is 3. The Morgan fingerprint density at radius 2 is 2.21 bits per heavy atom. The van der Waals surface area contributed by atoms with Crippen LogP contribution >= 0.6 is 0 Å². The second-order valence-corrected chi connectivity index (χ2v) is 8.11. The molecule has 0 unspecified atom stereocenters. The van der Waals surface area contributed by atoms with Gasteiger partial charge in [0.1, 0.15) is 5.76 Å². The summed E-state index contributed by atoms with van der Waals surface area (Å²) in [7, 11) is 0. The van der Waals surface area contributed by atoms with E-state index in [1.165, 1.54) is 0 Å². The van der Waals surface area contributed by atoms with Gasteiger partial charge in [0.25, 0.3) is 0 Å². The molecular weight excluding hydrogens is 372 g/mol. The first kappa shape index (κ1) is 19.2. The van der Waals surface area contributed by atoms with Crippen LogP contribution < -0.4 is 11.0 Å². The van der Waals surface area contributed by atoms with Crippen LogP contribution in [0.3, 0.4) is 0 Å². The third-order valence-electron chi connectivity index (χ3n) is 5.50. The van der Waals surface area contributed by atoms with Crippen LogP contribution in [0.15, 0.2) is 27.6 Å². The molecule has 3 aromatic heterocycles. The fraction of sp³-hybridized carbons (Fsp3) is 0.500. The summed E-state index contributed by atoms with van der Waals surface area (Å²) in [6.07, 6.45) is 4.83. The van der Waals surface area contributed by atoms with Crippen molar-refractivity contribution in [3.63, 3.8) is 0 Å². The maximum absolute atomic E-state index is 12.3. The second-order valence-electron chi connectivity index (χ2n) is 8.11. The maximum atomic E-state index is 12.3. The number of anilines is 1. The van der Waals surface area contributed by atoms with E-state index in [1.807, 2.05) is 23.8 Å². The molecule has 0 bridgehead atoms. The van der Waals surface area contributed by atoms with Gasteiger partial charge in [-0.2, -0.15) is 5.10 Å². The van der Waals surface area contributed by atoms with E-state index in [0.29, 0.717) is 17.5 Å². The normalized spacial score (nSPS) is 19.2. The van der Waals surface area contributed by atoms with Gasteiger partial charge in [-0.1, -0.05) is 19.0 Å². The first-order valence-corrected chi connectivity index (χ1v) is 9.97. The number of H-pyrrole nitrogens is 2. The van der Waals surface area contributed by atoms with Gasteiger partial charge in [-0.3, -0.25) is 14.5 Å². The van der Waals surface area contributed by atoms with Gasteiger partial charge in [-0.25, -0.2) is 4.79 Å². The van der Waals surface area contributed by atoms with E-state index in [9.17, 15) is 9.59 Å². The number of aromatic amines is 2. The lowest BCUT2D eigenvalue weighted by Crippen LogP contribution is -2.20. The van der Waals surface area contributed by atoms with Crippen LogP contribution in [0.1, 0.15) is 73.8 Å². The van der Waals surface area contributed by atoms with E-state index in [0.717, 1.165) is 36.3 Å². The molecular formula is C20H26N6O3. The molecule has 3 aromatic rings. The molecule has 0 aromatic carbocycles. The van der Waals surface area contributed by atoms with Crippen molar-refractivity contribution < 1.29 is 9.32 Å². The molecule has 1 amide bonds. The highest BCUT2D eigenvalue weighted by Crippen LogP contribution is 2.40. The van der Waals surface area contributed by atoms with Crippen molar-refractivity contribution in [1.29, 1.82) is 0 Å². The molecule has 0 radical (unpaired) electrons. The highest BCUT2D eigenvalue weighted by molar-refractivity contribution is 5.91. The van der Waals surface area contributed by atoms with Gasteiger partial charge in [-0.05, 0) is 32.1 Å². The molecule has 2 atom stereocenters. The van der Waals surface area contributed by atoms with Crippen molar-refractivity contribution in [2.75, 3.05) is 5.32 Å².